The van der Waals surface area contributed by atoms with Gasteiger partial charge in [-0.05, 0) is 49.7 Å². The molecular formula is C31H39N5O5Si. The lowest BCUT2D eigenvalue weighted by Gasteiger charge is -2.32. The first kappa shape index (κ1) is 28.7. The first-order valence-electron chi connectivity index (χ1n) is 14.8. The van der Waals surface area contributed by atoms with Gasteiger partial charge in [-0.25, -0.2) is 0 Å². The van der Waals surface area contributed by atoms with Crippen LogP contribution in [0.1, 0.15) is 43.0 Å². The Labute approximate surface area is 247 Å². The van der Waals surface area contributed by atoms with Gasteiger partial charge < -0.3 is 24.4 Å². The number of aryl methyl sites for hydroxylation is 1. The molecule has 222 valence electrons. The predicted octanol–water partition coefficient (Wildman–Crippen LogP) is 3.37. The van der Waals surface area contributed by atoms with E-state index in [2.05, 4.69) is 10.3 Å². The number of aliphatic hydroxyl groups excluding tert-OH is 1. The highest BCUT2D eigenvalue weighted by atomic mass is 28.4. The molecule has 0 saturated carbocycles. The van der Waals surface area contributed by atoms with Gasteiger partial charge in [0.1, 0.15) is 0 Å². The first-order chi connectivity index (χ1) is 20.1. The summed E-state index contributed by atoms with van der Waals surface area (Å²) in [7, 11) is -2.83. The van der Waals surface area contributed by atoms with Crippen LogP contribution in [0.15, 0.2) is 54.7 Å². The van der Waals surface area contributed by atoms with Crippen molar-refractivity contribution in [2.45, 2.75) is 76.0 Å². The van der Waals surface area contributed by atoms with Crippen molar-refractivity contribution in [3.63, 3.8) is 0 Å². The molecule has 0 radical (unpaired) electrons. The average molecular weight is 590 g/mol. The van der Waals surface area contributed by atoms with Gasteiger partial charge in [-0.1, -0.05) is 42.5 Å². The molecule has 2 N–H and O–H groups in total. The normalized spacial score (nSPS) is 25.7. The number of benzene rings is 2. The van der Waals surface area contributed by atoms with Gasteiger partial charge in [0.15, 0.2) is 13.9 Å². The minimum Gasteiger partial charge on any atom is -0.432 e. The Morgan fingerprint density at radius 3 is 2.62 bits per heavy atom. The van der Waals surface area contributed by atoms with Crippen molar-refractivity contribution in [1.29, 1.82) is 0 Å². The van der Waals surface area contributed by atoms with Crippen molar-refractivity contribution < 1.29 is 24.2 Å². The molecule has 10 nitrogen and oxygen atoms in total. The fourth-order valence-electron chi connectivity index (χ4n) is 7.28. The number of hydrogen-bond acceptors (Lipinski definition) is 7. The molecule has 4 heterocycles. The lowest BCUT2D eigenvalue weighted by molar-refractivity contribution is -0.146. The van der Waals surface area contributed by atoms with E-state index in [-0.39, 0.29) is 36.0 Å². The Morgan fingerprint density at radius 1 is 1.14 bits per heavy atom. The number of amides is 2. The second kappa shape index (κ2) is 11.0. The summed E-state index contributed by atoms with van der Waals surface area (Å²) in [5.74, 6) is -0.343. The third-order valence-corrected chi connectivity index (χ3v) is 11.6. The summed E-state index contributed by atoms with van der Waals surface area (Å²) < 4.78 is 8.70. The van der Waals surface area contributed by atoms with Crippen molar-refractivity contribution in [2.24, 2.45) is 5.92 Å². The number of nitrogens with zero attached hydrogens (tertiary/aromatic N) is 5. The molecule has 0 aliphatic carbocycles. The van der Waals surface area contributed by atoms with Crippen molar-refractivity contribution in [3.8, 4) is 0 Å². The van der Waals surface area contributed by atoms with Gasteiger partial charge in [0.05, 0.1) is 24.0 Å². The van der Waals surface area contributed by atoms with E-state index in [0.717, 1.165) is 28.9 Å². The fraction of sp³-hybridized carbons (Fsp3) is 0.484. The van der Waals surface area contributed by atoms with Gasteiger partial charge in [-0.2, -0.15) is 0 Å². The van der Waals surface area contributed by atoms with E-state index in [1.165, 1.54) is 0 Å². The number of ether oxygens (including phenoxy) is 1. The molecule has 3 aromatic rings. The Morgan fingerprint density at radius 2 is 1.93 bits per heavy atom. The number of aromatic nitrogens is 3. The minimum atomic E-state index is -2.83. The van der Waals surface area contributed by atoms with E-state index in [9.17, 15) is 19.5 Å². The maximum atomic E-state index is 14.7. The summed E-state index contributed by atoms with van der Waals surface area (Å²) >= 11 is 0. The monoisotopic (exact) mass is 589 g/mol. The zero-order valence-corrected chi connectivity index (χ0v) is 25.4. The topological polar surface area (TPSA) is 121 Å². The molecule has 42 heavy (non-hydrogen) atoms. The van der Waals surface area contributed by atoms with Gasteiger partial charge >= 0.3 is 0 Å². The molecule has 1 aromatic heterocycles. The van der Waals surface area contributed by atoms with Gasteiger partial charge in [-0.3, -0.25) is 14.3 Å². The molecule has 1 spiro atoms. The first-order valence-corrected chi connectivity index (χ1v) is 17.9. The smallest absolute Gasteiger partial charge is 0.264 e. The van der Waals surface area contributed by atoms with E-state index >= 15 is 0 Å². The van der Waals surface area contributed by atoms with Gasteiger partial charge in [0.2, 0.25) is 5.91 Å². The lowest BCUT2D eigenvalue weighted by atomic mass is 9.82. The number of carbonyl (C=O) groups is 2. The second-order valence-corrected chi connectivity index (χ2v) is 16.3. The SMILES string of the molecule is C[C@@H]1[C@@H]([Si](C)(C)O)[C@H](CCn2cc(CCO)nn2)O[C@@]12C(=O)N(Cc1ccccc1)c1ccc(N3CCCC3=O)cc12. The largest absolute Gasteiger partial charge is 0.432 e. The number of aliphatic hydroxyl groups is 1. The van der Waals surface area contributed by atoms with Crippen molar-refractivity contribution >= 4 is 31.5 Å². The van der Waals surface area contributed by atoms with E-state index in [1.807, 2.05) is 74.7 Å². The van der Waals surface area contributed by atoms with Crippen molar-refractivity contribution in [2.75, 3.05) is 23.0 Å². The summed E-state index contributed by atoms with van der Waals surface area (Å²) in [6.45, 7) is 7.42. The van der Waals surface area contributed by atoms with Crippen molar-refractivity contribution in [3.05, 3.63) is 71.5 Å². The summed E-state index contributed by atoms with van der Waals surface area (Å²) in [5, 5.41) is 17.6. The highest BCUT2D eigenvalue weighted by Crippen LogP contribution is 2.60. The van der Waals surface area contributed by atoms with Crippen LogP contribution in [0.3, 0.4) is 0 Å². The quantitative estimate of drug-likeness (QED) is 0.367. The molecule has 4 atom stereocenters. The molecule has 3 aliphatic heterocycles. The number of anilines is 2. The summed E-state index contributed by atoms with van der Waals surface area (Å²) in [6.07, 6.45) is 3.74. The van der Waals surface area contributed by atoms with Crippen LogP contribution >= 0.6 is 0 Å². The minimum absolute atomic E-state index is 0.00283. The molecule has 2 amide bonds. The molecule has 2 fully saturated rings. The molecular weight excluding hydrogens is 550 g/mol. The lowest BCUT2D eigenvalue weighted by Crippen LogP contribution is -2.46. The molecule has 0 bridgehead atoms. The Bertz CT molecular complexity index is 1470. The standard InChI is InChI=1S/C31H39N5O5Si/c1-21-29(42(2,3)40)27(13-16-34-20-23(14-17-37)32-33-34)41-31(21)25-18-24(35-15-7-10-28(35)38)11-12-26(25)36(30(31)39)19-22-8-5-4-6-9-22/h4-6,8-9,11-12,18,20-21,27,29,37,40H,7,10,13-17,19H2,1-3H3/t21-,27+,29-,31+/m1/s1. The number of carbonyl (C=O) groups excluding carboxylic acids is 2. The Kier molecular flexibility index (Phi) is 7.54. The molecule has 3 aliphatic rings. The van der Waals surface area contributed by atoms with Crippen LogP contribution in [0.2, 0.25) is 18.6 Å². The van der Waals surface area contributed by atoms with Crippen LogP contribution in [0, 0.1) is 5.92 Å². The Hall–Kier alpha value is -3.38. The fourth-order valence-corrected chi connectivity index (χ4v) is 9.89. The van der Waals surface area contributed by atoms with Crippen molar-refractivity contribution in [1.82, 2.24) is 15.0 Å². The number of rotatable bonds is 9. The molecule has 2 saturated heterocycles. The Balaban J connectivity index is 1.40. The average Bonchev–Trinajstić information content (AvgIpc) is 3.71. The summed E-state index contributed by atoms with van der Waals surface area (Å²) in [5.41, 5.74) is 2.55. The van der Waals surface area contributed by atoms with Crippen LogP contribution in [0.5, 0.6) is 0 Å². The zero-order chi connectivity index (χ0) is 29.6. The summed E-state index contributed by atoms with van der Waals surface area (Å²) in [4.78, 5) is 42.5. The van der Waals surface area contributed by atoms with Crippen LogP contribution in [-0.4, -0.2) is 64.3 Å². The van der Waals surface area contributed by atoms with E-state index in [1.54, 1.807) is 14.5 Å². The highest BCUT2D eigenvalue weighted by Gasteiger charge is 2.66. The highest BCUT2D eigenvalue weighted by molar-refractivity contribution is 6.71. The van der Waals surface area contributed by atoms with Crippen LogP contribution in [-0.2, 0) is 39.4 Å². The zero-order valence-electron chi connectivity index (χ0n) is 24.4. The third-order valence-electron chi connectivity index (χ3n) is 9.13. The second-order valence-electron chi connectivity index (χ2n) is 12.3. The predicted molar refractivity (Wildman–Crippen MR) is 160 cm³/mol. The number of hydrogen-bond donors (Lipinski definition) is 2. The van der Waals surface area contributed by atoms with Gasteiger partial charge in [0, 0.05) is 61.4 Å². The molecule has 2 aromatic carbocycles. The third kappa shape index (κ3) is 4.87. The molecule has 0 unspecified atom stereocenters. The van der Waals surface area contributed by atoms with Gasteiger partial charge in [0.25, 0.3) is 5.91 Å². The van der Waals surface area contributed by atoms with E-state index in [0.29, 0.717) is 44.6 Å². The summed E-state index contributed by atoms with van der Waals surface area (Å²) in [6, 6.07) is 15.7. The van der Waals surface area contributed by atoms with Gasteiger partial charge in [-0.15, -0.1) is 5.10 Å². The van der Waals surface area contributed by atoms with Crippen LogP contribution in [0.4, 0.5) is 11.4 Å². The maximum absolute atomic E-state index is 14.7. The van der Waals surface area contributed by atoms with E-state index < -0.39 is 13.9 Å². The molecule has 6 rings (SSSR count). The number of fused-ring (bicyclic) bond motifs is 2. The van der Waals surface area contributed by atoms with Crippen LogP contribution in [0.25, 0.3) is 0 Å². The van der Waals surface area contributed by atoms with E-state index in [4.69, 9.17) is 4.74 Å². The maximum Gasteiger partial charge on any atom is 0.264 e. The molecule has 11 heteroatoms. The van der Waals surface area contributed by atoms with Crippen LogP contribution < -0.4 is 9.80 Å².